The second-order valence-electron chi connectivity index (χ2n) is 3.75. The molecule has 2 aromatic heterocycles. The van der Waals surface area contributed by atoms with Crippen molar-refractivity contribution in [2.24, 2.45) is 10.9 Å². The van der Waals surface area contributed by atoms with E-state index in [1.807, 2.05) is 18.2 Å². The van der Waals surface area contributed by atoms with Crippen molar-refractivity contribution in [1.82, 2.24) is 4.98 Å². The maximum absolute atomic E-state index is 5.14. The maximum Gasteiger partial charge on any atom is 0.0638 e. The van der Waals surface area contributed by atoms with E-state index in [0.717, 1.165) is 16.1 Å². The Morgan fingerprint density at radius 2 is 2.06 bits per heavy atom. The summed E-state index contributed by atoms with van der Waals surface area (Å²) in [5.41, 5.74) is 2.29. The van der Waals surface area contributed by atoms with Crippen molar-refractivity contribution in [2.75, 3.05) is 0 Å². The summed E-state index contributed by atoms with van der Waals surface area (Å²) in [5, 5.41) is 4.76. The third-order valence-corrected chi connectivity index (χ3v) is 3.68. The van der Waals surface area contributed by atoms with Crippen LogP contribution < -0.4 is 5.84 Å². The molecule has 0 aliphatic heterocycles. The number of fused-ring (bicyclic) bond motifs is 1. The number of benzene rings is 1. The minimum Gasteiger partial charge on any atom is -0.354 e. The standard InChI is InChI=1S/C13H11N3S/c14-15-8-10-5-6-13(17-10)12-7-9-3-1-2-4-11(9)16-12/h1-8,16H,14H2. The van der Waals surface area contributed by atoms with E-state index in [-0.39, 0.29) is 0 Å². The molecule has 0 bridgehead atoms. The molecule has 0 radical (unpaired) electrons. The fourth-order valence-electron chi connectivity index (χ4n) is 1.85. The fraction of sp³-hybridized carbons (Fsp3) is 0. The summed E-state index contributed by atoms with van der Waals surface area (Å²) in [6.45, 7) is 0. The Labute approximate surface area is 103 Å². The van der Waals surface area contributed by atoms with Crippen molar-refractivity contribution < 1.29 is 0 Å². The van der Waals surface area contributed by atoms with Gasteiger partial charge in [-0.25, -0.2) is 0 Å². The highest BCUT2D eigenvalue weighted by atomic mass is 32.1. The van der Waals surface area contributed by atoms with Gasteiger partial charge in [-0.1, -0.05) is 18.2 Å². The topological polar surface area (TPSA) is 54.2 Å². The van der Waals surface area contributed by atoms with E-state index in [1.165, 1.54) is 10.3 Å². The number of thiophene rings is 1. The monoisotopic (exact) mass is 241 g/mol. The number of H-pyrrole nitrogens is 1. The Morgan fingerprint density at radius 1 is 1.18 bits per heavy atom. The zero-order chi connectivity index (χ0) is 11.7. The van der Waals surface area contributed by atoms with Crippen molar-refractivity contribution in [1.29, 1.82) is 0 Å². The third kappa shape index (κ3) is 1.83. The summed E-state index contributed by atoms with van der Waals surface area (Å²) in [6.07, 6.45) is 1.66. The first-order chi connectivity index (χ1) is 8.36. The van der Waals surface area contributed by atoms with Crippen LogP contribution in [0.1, 0.15) is 4.88 Å². The Balaban J connectivity index is 2.07. The second kappa shape index (κ2) is 4.07. The molecule has 3 N–H and O–H groups in total. The zero-order valence-electron chi connectivity index (χ0n) is 9.05. The van der Waals surface area contributed by atoms with Crippen LogP contribution in [-0.2, 0) is 0 Å². The Bertz CT molecular complexity index is 646. The predicted octanol–water partition coefficient (Wildman–Crippen LogP) is 3.19. The molecule has 2 heterocycles. The Kier molecular flexibility index (Phi) is 2.42. The summed E-state index contributed by atoms with van der Waals surface area (Å²) >= 11 is 1.67. The lowest BCUT2D eigenvalue weighted by Crippen LogP contribution is -1.80. The van der Waals surface area contributed by atoms with Crippen molar-refractivity contribution in [3.05, 3.63) is 47.3 Å². The van der Waals surface area contributed by atoms with Gasteiger partial charge < -0.3 is 10.8 Å². The molecule has 3 rings (SSSR count). The highest BCUT2D eigenvalue weighted by Gasteiger charge is 2.05. The lowest BCUT2D eigenvalue weighted by atomic mass is 10.2. The van der Waals surface area contributed by atoms with Gasteiger partial charge in [0.15, 0.2) is 0 Å². The largest absolute Gasteiger partial charge is 0.354 e. The number of hydrogen-bond donors (Lipinski definition) is 2. The second-order valence-corrected chi connectivity index (χ2v) is 4.87. The molecular weight excluding hydrogens is 230 g/mol. The molecule has 3 nitrogen and oxygen atoms in total. The summed E-state index contributed by atoms with van der Waals surface area (Å²) in [7, 11) is 0. The van der Waals surface area contributed by atoms with Crippen molar-refractivity contribution in [3.63, 3.8) is 0 Å². The van der Waals surface area contributed by atoms with E-state index in [1.54, 1.807) is 17.6 Å². The minimum atomic E-state index is 1.06. The smallest absolute Gasteiger partial charge is 0.0638 e. The molecule has 0 unspecified atom stereocenters. The van der Waals surface area contributed by atoms with E-state index >= 15 is 0 Å². The van der Waals surface area contributed by atoms with Crippen LogP contribution in [0.15, 0.2) is 47.6 Å². The molecule has 0 saturated heterocycles. The van der Waals surface area contributed by atoms with Crippen LogP contribution >= 0.6 is 11.3 Å². The summed E-state index contributed by atoms with van der Waals surface area (Å²) in [4.78, 5) is 5.65. The van der Waals surface area contributed by atoms with Crippen molar-refractivity contribution >= 4 is 28.5 Å². The first-order valence-electron chi connectivity index (χ1n) is 5.28. The van der Waals surface area contributed by atoms with E-state index in [0.29, 0.717) is 0 Å². The number of aromatic amines is 1. The van der Waals surface area contributed by atoms with Gasteiger partial charge in [0.05, 0.1) is 16.8 Å². The maximum atomic E-state index is 5.14. The van der Waals surface area contributed by atoms with Gasteiger partial charge in [0, 0.05) is 15.8 Å². The van der Waals surface area contributed by atoms with Crippen LogP contribution in [0.3, 0.4) is 0 Å². The molecule has 0 fully saturated rings. The van der Waals surface area contributed by atoms with Gasteiger partial charge in [0.25, 0.3) is 0 Å². The van der Waals surface area contributed by atoms with E-state index in [9.17, 15) is 0 Å². The molecule has 0 spiro atoms. The molecule has 0 saturated carbocycles. The van der Waals surface area contributed by atoms with Gasteiger partial charge in [0.1, 0.15) is 0 Å². The van der Waals surface area contributed by atoms with Crippen molar-refractivity contribution in [2.45, 2.75) is 0 Å². The van der Waals surface area contributed by atoms with E-state index in [4.69, 9.17) is 5.84 Å². The Hall–Kier alpha value is -2.07. The molecule has 1 aromatic carbocycles. The van der Waals surface area contributed by atoms with Gasteiger partial charge >= 0.3 is 0 Å². The first kappa shape index (κ1) is 10.1. The molecule has 3 aromatic rings. The van der Waals surface area contributed by atoms with Gasteiger partial charge in [-0.3, -0.25) is 0 Å². The molecule has 0 atom stereocenters. The third-order valence-electron chi connectivity index (χ3n) is 2.62. The van der Waals surface area contributed by atoms with E-state index < -0.39 is 0 Å². The molecule has 17 heavy (non-hydrogen) atoms. The van der Waals surface area contributed by atoms with Gasteiger partial charge in [0.2, 0.25) is 0 Å². The summed E-state index contributed by atoms with van der Waals surface area (Å²) in [5.74, 6) is 5.14. The minimum absolute atomic E-state index is 1.06. The molecular formula is C13H11N3S. The lowest BCUT2D eigenvalue weighted by molar-refractivity contribution is 1.27. The number of nitrogens with one attached hydrogen (secondary N) is 1. The number of rotatable bonds is 2. The average molecular weight is 241 g/mol. The summed E-state index contributed by atoms with van der Waals surface area (Å²) in [6, 6.07) is 14.5. The van der Waals surface area contributed by atoms with Gasteiger partial charge in [-0.15, -0.1) is 11.3 Å². The van der Waals surface area contributed by atoms with Gasteiger partial charge in [-0.05, 0) is 24.3 Å². The van der Waals surface area contributed by atoms with Crippen LogP contribution in [0.2, 0.25) is 0 Å². The number of para-hydroxylation sites is 1. The van der Waals surface area contributed by atoms with Crippen LogP contribution in [-0.4, -0.2) is 11.2 Å². The molecule has 0 amide bonds. The SMILES string of the molecule is NN=Cc1ccc(-c2cc3ccccc3[nH]2)s1. The Morgan fingerprint density at radius 3 is 2.88 bits per heavy atom. The number of aromatic nitrogens is 1. The molecule has 0 aliphatic carbocycles. The molecule has 84 valence electrons. The molecule has 0 aliphatic rings. The zero-order valence-corrected chi connectivity index (χ0v) is 9.87. The average Bonchev–Trinajstić information content (AvgIpc) is 2.94. The highest BCUT2D eigenvalue weighted by molar-refractivity contribution is 7.17. The van der Waals surface area contributed by atoms with Gasteiger partial charge in [-0.2, -0.15) is 5.10 Å². The predicted molar refractivity (Wildman–Crippen MR) is 73.4 cm³/mol. The summed E-state index contributed by atoms with van der Waals surface area (Å²) < 4.78 is 0. The molecule has 4 heteroatoms. The quantitative estimate of drug-likeness (QED) is 0.404. The lowest BCUT2D eigenvalue weighted by Gasteiger charge is -1.89. The van der Waals surface area contributed by atoms with Crippen LogP contribution in [0.5, 0.6) is 0 Å². The first-order valence-corrected chi connectivity index (χ1v) is 6.10. The highest BCUT2D eigenvalue weighted by Crippen LogP contribution is 2.29. The normalized spacial score (nSPS) is 11.5. The number of hydrazone groups is 1. The number of nitrogens with two attached hydrogens (primary N) is 1. The fourth-order valence-corrected chi connectivity index (χ4v) is 2.71. The van der Waals surface area contributed by atoms with Crippen LogP contribution in [0.4, 0.5) is 0 Å². The number of nitrogens with zero attached hydrogens (tertiary/aromatic N) is 1. The van der Waals surface area contributed by atoms with Crippen LogP contribution in [0, 0.1) is 0 Å². The van der Waals surface area contributed by atoms with Crippen LogP contribution in [0.25, 0.3) is 21.5 Å². The van der Waals surface area contributed by atoms with Crippen molar-refractivity contribution in [3.8, 4) is 10.6 Å². The number of hydrogen-bond acceptors (Lipinski definition) is 3. The van der Waals surface area contributed by atoms with E-state index in [2.05, 4.69) is 34.4 Å².